The van der Waals surface area contributed by atoms with Gasteiger partial charge < -0.3 is 28.2 Å². The van der Waals surface area contributed by atoms with Crippen LogP contribution in [0, 0.1) is 0 Å². The summed E-state index contributed by atoms with van der Waals surface area (Å²) in [7, 11) is -5.61. The van der Waals surface area contributed by atoms with Crippen LogP contribution < -0.4 is 94.6 Å². The molecule has 0 aliphatic carbocycles. The van der Waals surface area contributed by atoms with Gasteiger partial charge in [0.25, 0.3) is 0 Å². The van der Waals surface area contributed by atoms with Crippen LogP contribution in [-0.4, -0.2) is 15.2 Å². The molecule has 0 fully saturated rings. The number of hydrogen-bond acceptors (Lipinski definition) is 6. The average molecular weight is 164 g/mol. The third kappa shape index (κ3) is 416. The molecule has 0 aromatic rings. The van der Waals surface area contributed by atoms with Crippen LogP contribution in [0.15, 0.2) is 0 Å². The van der Waals surface area contributed by atoms with Gasteiger partial charge in [-0.1, -0.05) is 0 Å². The predicted octanol–water partition coefficient (Wildman–Crippen LogP) is -17.7. The van der Waals surface area contributed by atoms with Gasteiger partial charge in [-0.15, -0.1) is 0 Å². The fraction of sp³-hybridized carbons (Fsp3) is 0. The summed E-state index contributed by atoms with van der Waals surface area (Å²) >= 11 is 0. The van der Waals surface area contributed by atoms with Crippen LogP contribution in [0.1, 0.15) is 0 Å². The van der Waals surface area contributed by atoms with Gasteiger partial charge in [-0.3, -0.25) is 0 Å². The average Bonchev–Trinajstić information content (AvgIpc) is 1.27. The molecule has 0 unspecified atom stereocenters. The Labute approximate surface area is 118 Å². The fourth-order valence-electron chi connectivity index (χ4n) is 0. The third-order valence-corrected chi connectivity index (χ3v) is 0. The second-order valence-corrected chi connectivity index (χ2v) is 1.58. The smallest absolute Gasteiger partial charge is 0.894 e. The minimum Gasteiger partial charge on any atom is -0.894 e. The first kappa shape index (κ1) is 37.1. The fourth-order valence-corrected chi connectivity index (χ4v) is 0. The molecule has 48 valence electrons. The zero-order valence-electron chi connectivity index (χ0n) is 7.45. The SMILES string of the molecule is O=C=O.[Li+].[Li+].[Li+].[Li+].[O-][Si]([O-])([O-])[O-]. The normalized spacial score (nSPS) is 5.67. The van der Waals surface area contributed by atoms with Crippen molar-refractivity contribution in [3.63, 3.8) is 0 Å². The molecular weight excluding hydrogens is 164 g/mol. The van der Waals surface area contributed by atoms with Crippen molar-refractivity contribution in [2.24, 2.45) is 0 Å². The molecular formula is CLi4O6Si. The summed E-state index contributed by atoms with van der Waals surface area (Å²) in [6.07, 6.45) is 0.250. The monoisotopic (exact) mass is 164 g/mol. The van der Waals surface area contributed by atoms with Gasteiger partial charge in [0.1, 0.15) is 0 Å². The Morgan fingerprint density at radius 2 is 0.750 bits per heavy atom. The van der Waals surface area contributed by atoms with Crippen LogP contribution >= 0.6 is 0 Å². The van der Waals surface area contributed by atoms with Gasteiger partial charge in [0.2, 0.25) is 0 Å². The van der Waals surface area contributed by atoms with E-state index in [0.29, 0.717) is 0 Å². The van der Waals surface area contributed by atoms with E-state index in [1.807, 2.05) is 0 Å². The largest absolute Gasteiger partial charge is 1.00 e. The molecule has 0 aromatic carbocycles. The first-order valence-corrected chi connectivity index (χ1v) is 2.86. The molecule has 0 saturated heterocycles. The summed E-state index contributed by atoms with van der Waals surface area (Å²) in [5, 5.41) is 0. The van der Waals surface area contributed by atoms with Crippen molar-refractivity contribution in [3.05, 3.63) is 0 Å². The van der Waals surface area contributed by atoms with Crippen LogP contribution in [-0.2, 0) is 9.59 Å². The molecule has 0 amide bonds. The van der Waals surface area contributed by atoms with Crippen molar-refractivity contribution in [3.8, 4) is 0 Å². The number of carbonyl (C=O) groups excluding carboxylic acids is 2. The molecule has 0 aromatic heterocycles. The first-order chi connectivity index (χ1) is 3.41. The van der Waals surface area contributed by atoms with Crippen LogP contribution in [0.25, 0.3) is 0 Å². The molecule has 0 bridgehead atoms. The molecule has 12 heavy (non-hydrogen) atoms. The van der Waals surface area contributed by atoms with Crippen molar-refractivity contribution >= 4 is 15.2 Å². The number of rotatable bonds is 0. The summed E-state index contributed by atoms with van der Waals surface area (Å²) in [5.74, 6) is 0. The van der Waals surface area contributed by atoms with Gasteiger partial charge in [0, 0.05) is 0 Å². The van der Waals surface area contributed by atoms with Gasteiger partial charge in [-0.2, -0.15) is 9.59 Å². The summed E-state index contributed by atoms with van der Waals surface area (Å²) in [6.45, 7) is 0. The molecule has 0 aliphatic rings. The minimum absolute atomic E-state index is 0. The van der Waals surface area contributed by atoms with E-state index in [9.17, 15) is 0 Å². The Bertz CT molecular complexity index is 80.0. The third-order valence-electron chi connectivity index (χ3n) is 0. The maximum atomic E-state index is 8.58. The van der Waals surface area contributed by atoms with Crippen LogP contribution in [0.4, 0.5) is 0 Å². The molecule has 0 N–H and O–H groups in total. The van der Waals surface area contributed by atoms with Gasteiger partial charge in [0.15, 0.2) is 0 Å². The Kier molecular flexibility index (Phi) is 71.3. The Morgan fingerprint density at radius 3 is 0.750 bits per heavy atom. The molecule has 0 rings (SSSR count). The van der Waals surface area contributed by atoms with Crippen molar-refractivity contribution in [1.29, 1.82) is 0 Å². The van der Waals surface area contributed by atoms with E-state index in [2.05, 4.69) is 0 Å². The van der Waals surface area contributed by atoms with E-state index >= 15 is 0 Å². The Morgan fingerprint density at radius 1 is 0.750 bits per heavy atom. The summed E-state index contributed by atoms with van der Waals surface area (Å²) in [5.41, 5.74) is 0. The molecule has 0 spiro atoms. The van der Waals surface area contributed by atoms with Crippen LogP contribution in [0.2, 0.25) is 0 Å². The molecule has 0 atom stereocenters. The van der Waals surface area contributed by atoms with Crippen molar-refractivity contribution in [2.75, 3.05) is 0 Å². The first-order valence-electron chi connectivity index (χ1n) is 1.22. The van der Waals surface area contributed by atoms with Gasteiger partial charge >= 0.3 is 81.6 Å². The van der Waals surface area contributed by atoms with E-state index in [1.54, 1.807) is 0 Å². The summed E-state index contributed by atoms with van der Waals surface area (Å²) < 4.78 is 0. The van der Waals surface area contributed by atoms with E-state index in [-0.39, 0.29) is 81.6 Å². The Hall–Kier alpha value is 1.83. The summed E-state index contributed by atoms with van der Waals surface area (Å²) in [6, 6.07) is 0. The van der Waals surface area contributed by atoms with Gasteiger partial charge in [-0.05, 0) is 0 Å². The van der Waals surface area contributed by atoms with Crippen molar-refractivity contribution in [1.82, 2.24) is 0 Å². The molecule has 0 heterocycles. The van der Waals surface area contributed by atoms with E-state index < -0.39 is 9.05 Å². The predicted molar refractivity (Wildman–Crippen MR) is 10.8 cm³/mol. The minimum atomic E-state index is -5.61. The van der Waals surface area contributed by atoms with Crippen LogP contribution in [0.3, 0.4) is 0 Å². The van der Waals surface area contributed by atoms with Gasteiger partial charge in [0.05, 0.1) is 0 Å². The molecule has 0 aliphatic heterocycles. The molecule has 0 radical (unpaired) electrons. The van der Waals surface area contributed by atoms with E-state index in [1.165, 1.54) is 0 Å². The van der Waals surface area contributed by atoms with Crippen molar-refractivity contribution < 1.29 is 104 Å². The maximum absolute atomic E-state index is 8.58. The zero-order chi connectivity index (χ0) is 7.21. The molecule has 11 heteroatoms. The van der Waals surface area contributed by atoms with E-state index in [0.717, 1.165) is 0 Å². The zero-order valence-corrected chi connectivity index (χ0v) is 8.45. The Balaban J connectivity index is -0.0000000119. The summed E-state index contributed by atoms with van der Waals surface area (Å²) in [4.78, 5) is 50.6. The molecule has 6 nitrogen and oxygen atoms in total. The quantitative estimate of drug-likeness (QED) is 0.327. The van der Waals surface area contributed by atoms with Crippen molar-refractivity contribution in [2.45, 2.75) is 0 Å². The van der Waals surface area contributed by atoms with Gasteiger partial charge in [-0.25, -0.2) is 0 Å². The maximum Gasteiger partial charge on any atom is 1.00 e. The second kappa shape index (κ2) is 23.0. The van der Waals surface area contributed by atoms with Crippen LogP contribution in [0.5, 0.6) is 0 Å². The second-order valence-electron chi connectivity index (χ2n) is 0.583. The van der Waals surface area contributed by atoms with E-state index in [4.69, 9.17) is 28.8 Å². The molecule has 0 saturated carbocycles. The number of hydrogen-bond donors (Lipinski definition) is 0. The standard InChI is InChI=1S/CO2.4Li.O4Si/c2-1-3;;;;;1-5(2,3)4/q;4*+1;-4. The topological polar surface area (TPSA) is 126 Å².